The van der Waals surface area contributed by atoms with Crippen molar-refractivity contribution in [2.24, 2.45) is 0 Å². The molecule has 22 aromatic carbocycles. The van der Waals surface area contributed by atoms with E-state index in [0.29, 0.717) is 10.9 Å². The molecule has 22 aromatic rings. The van der Waals surface area contributed by atoms with Crippen LogP contribution in [0.4, 0.5) is 0 Å². The fraction of sp³-hybridized carbons (Fsp3) is 0.0182. The smallest absolute Gasteiger partial charge is 0.423 e. The van der Waals surface area contributed by atoms with Crippen molar-refractivity contribution in [3.63, 3.8) is 0 Å². The van der Waals surface area contributed by atoms with Gasteiger partial charge < -0.3 is 20.1 Å². The third-order valence-corrected chi connectivity index (χ3v) is 23.9. The van der Waals surface area contributed by atoms with Crippen LogP contribution in [-0.4, -0.2) is 34.3 Å². The van der Waals surface area contributed by atoms with Gasteiger partial charge in [-0.15, -0.1) is 0 Å². The van der Waals surface area contributed by atoms with Crippen LogP contribution in [0.25, 0.3) is 185 Å². The summed E-state index contributed by atoms with van der Waals surface area (Å²) in [5.41, 5.74) is 13.3. The molecule has 0 radical (unpaired) electrons. The number of rotatable bonds is 7. The molecule has 0 atom stereocenters. The normalized spacial score (nSPS) is 11.0. The van der Waals surface area contributed by atoms with Crippen LogP contribution in [0, 0.1) is 3.57 Å². The second kappa shape index (κ2) is 35.8. The van der Waals surface area contributed by atoms with Gasteiger partial charge in [-0.25, -0.2) is 0 Å². The molecule has 0 amide bonds. The second-order valence-electron chi connectivity index (χ2n) is 29.3. The van der Waals surface area contributed by atoms with Gasteiger partial charge in [-0.05, 0) is 279 Å². The van der Waals surface area contributed by atoms with Gasteiger partial charge in [-0.1, -0.05) is 405 Å². The first kappa shape index (κ1) is 80.4. The van der Waals surface area contributed by atoms with Gasteiger partial charge >= 0.3 is 14.2 Å². The van der Waals surface area contributed by atoms with Gasteiger partial charge in [-0.2, -0.15) is 0 Å². The standard InChI is InChI=1S/C44H28.C24H17BO2.C20H13Br.C14H11BO2.C6H4BrI.2CH4/c1-2-12-32-26-36(25-20-29(32)10-1)44-40-18-7-5-16-38(40)43(39-17-6-8-19-41(39)44)35-14-9-13-33(27-35)34-24-23-31-22-21-30-11-3-4-15-37(30)42(31)28-34;26-25(27)24-21-11-5-3-9-19(21)23(20-10-4-6-12-22(20)24)18-14-13-16-7-1-2-8-17(16)15-18;21-18-6-3-5-16(12-18)17-11-10-15-9-8-14-4-1-2-7-19(14)20(15)13-17;16-15(17)12-8-7-11-6-5-10-3-1-2-4-13(10)14(11)9-12;7-5-2-1-3-6(8)4-5;;/h1-28H;1-15,26-27H;1-13H;1-9,16-17H;1-4H;2*1H4. The highest BCUT2D eigenvalue weighted by Crippen LogP contribution is 2.46. The van der Waals surface area contributed by atoms with Crippen LogP contribution in [0.1, 0.15) is 14.9 Å². The van der Waals surface area contributed by atoms with Crippen LogP contribution in [0.3, 0.4) is 0 Å². The third-order valence-electron chi connectivity index (χ3n) is 22.2. The summed E-state index contributed by atoms with van der Waals surface area (Å²) in [7, 11) is -2.94. The van der Waals surface area contributed by atoms with Crippen molar-refractivity contribution in [3.05, 3.63) is 431 Å². The Bertz CT molecular complexity index is 7420. The topological polar surface area (TPSA) is 80.9 Å². The van der Waals surface area contributed by atoms with Crippen molar-refractivity contribution in [1.82, 2.24) is 0 Å². The number of hydrogen-bond acceptors (Lipinski definition) is 4. The average molecular weight is 1780 g/mol. The van der Waals surface area contributed by atoms with Crippen molar-refractivity contribution in [2.75, 3.05) is 0 Å². The molecule has 4 N–H and O–H groups in total. The molecule has 0 aliphatic carbocycles. The molecular weight excluding hydrogens is 1690 g/mol. The van der Waals surface area contributed by atoms with Crippen molar-refractivity contribution in [1.29, 1.82) is 0 Å². The fourth-order valence-electron chi connectivity index (χ4n) is 16.7. The molecule has 0 aromatic heterocycles. The van der Waals surface area contributed by atoms with Gasteiger partial charge in [0.15, 0.2) is 0 Å². The van der Waals surface area contributed by atoms with Crippen LogP contribution in [-0.2, 0) is 0 Å². The summed E-state index contributed by atoms with van der Waals surface area (Å²) in [6.07, 6.45) is 0. The summed E-state index contributed by atoms with van der Waals surface area (Å²) in [6.45, 7) is 0. The van der Waals surface area contributed by atoms with E-state index in [1.54, 1.807) is 6.07 Å². The van der Waals surface area contributed by atoms with Crippen molar-refractivity contribution in [3.8, 4) is 55.6 Å². The van der Waals surface area contributed by atoms with Gasteiger partial charge in [-0.3, -0.25) is 0 Å². The lowest BCUT2D eigenvalue weighted by Crippen LogP contribution is -2.31. The maximum atomic E-state index is 10.1. The van der Waals surface area contributed by atoms with E-state index in [1.807, 2.05) is 97.1 Å². The van der Waals surface area contributed by atoms with E-state index >= 15 is 0 Å². The van der Waals surface area contributed by atoms with Crippen molar-refractivity contribution < 1.29 is 20.1 Å². The highest BCUT2D eigenvalue weighted by molar-refractivity contribution is 14.1. The Balaban J connectivity index is 0.000000121. The Morgan fingerprint density at radius 3 is 0.832 bits per heavy atom. The predicted octanol–water partition coefficient (Wildman–Crippen LogP) is 29.4. The molecule has 0 aliphatic heterocycles. The van der Waals surface area contributed by atoms with Crippen LogP contribution >= 0.6 is 54.5 Å². The molecule has 0 bridgehead atoms. The highest BCUT2D eigenvalue weighted by atomic mass is 127. The zero-order chi connectivity index (χ0) is 79.5. The van der Waals surface area contributed by atoms with Gasteiger partial charge in [0, 0.05) is 12.5 Å². The summed E-state index contributed by atoms with van der Waals surface area (Å²) in [5.74, 6) is 0. The van der Waals surface area contributed by atoms with Gasteiger partial charge in [0.05, 0.1) is 0 Å². The van der Waals surface area contributed by atoms with E-state index in [2.05, 4.69) is 370 Å². The quantitative estimate of drug-likeness (QED) is 0.0555. The summed E-state index contributed by atoms with van der Waals surface area (Å²) < 4.78 is 3.51. The van der Waals surface area contributed by atoms with Crippen LogP contribution < -0.4 is 10.9 Å². The lowest BCUT2D eigenvalue weighted by molar-refractivity contribution is 0.425. The Morgan fingerprint density at radius 1 is 0.185 bits per heavy atom. The largest absolute Gasteiger partial charge is 0.489 e. The molecule has 22 rings (SSSR count). The first-order chi connectivity index (χ1) is 57.4. The molecule has 0 spiro atoms. The van der Waals surface area contributed by atoms with Crippen molar-refractivity contribution >= 4 is 209 Å². The Morgan fingerprint density at radius 2 is 0.454 bits per heavy atom. The zero-order valence-corrected chi connectivity index (χ0v) is 68.7. The van der Waals surface area contributed by atoms with Crippen LogP contribution in [0.2, 0.25) is 0 Å². The van der Waals surface area contributed by atoms with Crippen LogP contribution in [0.5, 0.6) is 0 Å². The molecule has 0 saturated heterocycles. The molecule has 0 fully saturated rings. The molecule has 4 nitrogen and oxygen atoms in total. The summed E-state index contributed by atoms with van der Waals surface area (Å²) in [5, 5.41) is 67.2. The van der Waals surface area contributed by atoms with Crippen LogP contribution in [0.15, 0.2) is 428 Å². The molecule has 119 heavy (non-hydrogen) atoms. The molecule has 9 heteroatoms. The second-order valence-corrected chi connectivity index (χ2v) is 32.4. The first-order valence-electron chi connectivity index (χ1n) is 39.0. The lowest BCUT2D eigenvalue weighted by Gasteiger charge is -2.18. The molecule has 0 heterocycles. The van der Waals surface area contributed by atoms with E-state index in [1.165, 1.54) is 134 Å². The lowest BCUT2D eigenvalue weighted by atomic mass is 9.72. The van der Waals surface area contributed by atoms with E-state index in [4.69, 9.17) is 0 Å². The molecule has 0 unspecified atom stereocenters. The van der Waals surface area contributed by atoms with E-state index in [9.17, 15) is 20.1 Å². The predicted molar refractivity (Wildman–Crippen MR) is 531 cm³/mol. The Hall–Kier alpha value is -12.4. The minimum Gasteiger partial charge on any atom is -0.423 e. The summed E-state index contributed by atoms with van der Waals surface area (Å²) >= 11 is 9.18. The minimum absolute atomic E-state index is 0. The van der Waals surface area contributed by atoms with E-state index in [0.717, 1.165) is 63.2 Å². The van der Waals surface area contributed by atoms with Gasteiger partial charge in [0.1, 0.15) is 0 Å². The SMILES string of the molecule is Brc1cccc(-c2ccc3ccc4ccccc4c3c2)c1.Brc1cccc(I)c1.C.C.OB(O)c1c2ccccc2c(-c2ccc3ccccc3c2)c2ccccc12.OB(O)c1ccc2ccc3ccccc3c2c1.c1cc(-c2ccc3ccc4ccccc4c3c2)cc(-c2c3ccccc3c(-c3ccc4ccccc4c3)c3ccccc23)c1. The number of benzene rings is 22. The average Bonchev–Trinajstić information content (AvgIpc) is 0.724. The number of hydrogen-bond donors (Lipinski definition) is 4. The fourth-order valence-corrected chi connectivity index (χ4v) is 18.5. The molecule has 0 saturated carbocycles. The number of fused-ring (bicyclic) bond motifs is 15. The molecule has 572 valence electrons. The molecule has 0 aliphatic rings. The zero-order valence-electron chi connectivity index (χ0n) is 63.4. The first-order valence-corrected chi connectivity index (χ1v) is 41.7. The summed E-state index contributed by atoms with van der Waals surface area (Å²) in [4.78, 5) is 0. The Labute approximate surface area is 724 Å². The minimum atomic E-state index is -1.52. The highest BCUT2D eigenvalue weighted by Gasteiger charge is 2.23. The van der Waals surface area contributed by atoms with E-state index < -0.39 is 14.2 Å². The molecular formula is C110H81B2Br2IO4. The van der Waals surface area contributed by atoms with Gasteiger partial charge in [0.2, 0.25) is 0 Å². The van der Waals surface area contributed by atoms with E-state index in [-0.39, 0.29) is 14.9 Å². The maximum Gasteiger partial charge on any atom is 0.489 e. The van der Waals surface area contributed by atoms with Gasteiger partial charge in [0.25, 0.3) is 0 Å². The monoisotopic (exact) mass is 1770 g/mol. The number of halogens is 3. The van der Waals surface area contributed by atoms with Crippen molar-refractivity contribution in [2.45, 2.75) is 14.9 Å². The third kappa shape index (κ3) is 16.7. The Kier molecular flexibility index (Phi) is 24.2. The summed E-state index contributed by atoms with van der Waals surface area (Å²) in [6, 6.07) is 147. The maximum absolute atomic E-state index is 10.1.